The van der Waals surface area contributed by atoms with Gasteiger partial charge in [0.15, 0.2) is 0 Å². The van der Waals surface area contributed by atoms with Crippen LogP contribution in [0.2, 0.25) is 0 Å². The zero-order valence-corrected chi connectivity index (χ0v) is 11.9. The quantitative estimate of drug-likeness (QED) is 0.635. The molecule has 1 nitrogen and oxygen atoms in total. The van der Waals surface area contributed by atoms with Crippen LogP contribution in [-0.4, -0.2) is 19.6 Å². The third-order valence-electron chi connectivity index (χ3n) is 2.37. The maximum atomic E-state index is 2.29. The first-order valence-electron chi connectivity index (χ1n) is 7.10. The minimum Gasteiger partial charge on any atom is -0.335 e. The number of nitrogens with one attached hydrogen (secondary N) is 1. The molecule has 0 saturated carbocycles. The Balaban J connectivity index is 0. The van der Waals surface area contributed by atoms with Gasteiger partial charge in [-0.2, -0.15) is 0 Å². The molecule has 0 aromatic rings. The lowest BCUT2D eigenvalue weighted by atomic mass is 10.2. The Morgan fingerprint density at radius 2 is 1.00 bits per heavy atom. The molecular weight excluding hydrogens is 182 g/mol. The molecule has 0 heterocycles. The van der Waals surface area contributed by atoms with Crippen molar-refractivity contribution in [1.29, 1.82) is 0 Å². The van der Waals surface area contributed by atoms with Crippen LogP contribution >= 0.6 is 0 Å². The van der Waals surface area contributed by atoms with Crippen LogP contribution in [0.1, 0.15) is 73.1 Å². The van der Waals surface area contributed by atoms with Crippen LogP contribution in [0.15, 0.2) is 0 Å². The Bertz CT molecular complexity index is 83.3. The van der Waals surface area contributed by atoms with E-state index in [0.717, 1.165) is 0 Å². The van der Waals surface area contributed by atoms with E-state index in [1.54, 1.807) is 0 Å². The molecule has 0 fully saturated rings. The van der Waals surface area contributed by atoms with Crippen molar-refractivity contribution in [3.63, 3.8) is 0 Å². The zero-order chi connectivity index (χ0) is 11.9. The fourth-order valence-corrected chi connectivity index (χ4v) is 1.58. The van der Waals surface area contributed by atoms with Crippen LogP contribution in [0, 0.1) is 0 Å². The fourth-order valence-electron chi connectivity index (χ4n) is 1.58. The normalized spacial score (nSPS) is 10.0. The highest BCUT2D eigenvalue weighted by atomic mass is 15.1. The Labute approximate surface area is 98.2 Å². The number of hydrogen-bond donors (Lipinski definition) is 1. The molecule has 0 saturated heterocycles. The van der Waals surface area contributed by atoms with Crippen molar-refractivity contribution in [2.45, 2.75) is 73.1 Å². The minimum atomic E-state index is 1.25. The van der Waals surface area contributed by atoms with Crippen molar-refractivity contribution < 1.29 is 4.90 Å². The lowest BCUT2D eigenvalue weighted by molar-refractivity contribution is -0.900. The van der Waals surface area contributed by atoms with Crippen molar-refractivity contribution in [2.24, 2.45) is 0 Å². The SMILES string of the molecule is CCC.CCCC[NH+](CCC)CCCC. The maximum absolute atomic E-state index is 2.29. The molecule has 0 aliphatic rings. The monoisotopic (exact) mass is 216 g/mol. The van der Waals surface area contributed by atoms with Gasteiger partial charge in [-0.1, -0.05) is 53.9 Å². The lowest BCUT2D eigenvalue weighted by Crippen LogP contribution is -3.12. The van der Waals surface area contributed by atoms with E-state index in [1.165, 1.54) is 58.2 Å². The predicted octanol–water partition coefficient (Wildman–Crippen LogP) is 3.30. The second kappa shape index (κ2) is 16.4. The molecule has 0 aliphatic carbocycles. The first-order chi connectivity index (χ1) is 7.26. The fraction of sp³-hybridized carbons (Fsp3) is 1.00. The molecule has 1 N–H and O–H groups in total. The molecule has 1 heteroatoms. The average Bonchev–Trinajstić information content (AvgIpc) is 2.23. The summed E-state index contributed by atoms with van der Waals surface area (Å²) in [5.74, 6) is 0. The number of rotatable bonds is 8. The molecule has 0 spiro atoms. The van der Waals surface area contributed by atoms with Gasteiger partial charge in [0.05, 0.1) is 19.6 Å². The van der Waals surface area contributed by atoms with Gasteiger partial charge in [-0.15, -0.1) is 0 Å². The summed E-state index contributed by atoms with van der Waals surface area (Å²) in [4.78, 5) is 1.82. The maximum Gasteiger partial charge on any atom is 0.0770 e. The Kier molecular flexibility index (Phi) is 19.0. The van der Waals surface area contributed by atoms with Crippen LogP contribution in [0.3, 0.4) is 0 Å². The van der Waals surface area contributed by atoms with Gasteiger partial charge in [-0.25, -0.2) is 0 Å². The number of quaternary nitrogens is 1. The standard InChI is InChI=1S/C11H25N.C3H8/c1-4-7-10-12(9-6-3)11-8-5-2;1-3-2/h4-11H2,1-3H3;3H2,1-2H3/p+1. The Morgan fingerprint density at radius 3 is 1.27 bits per heavy atom. The summed E-state index contributed by atoms with van der Waals surface area (Å²) >= 11 is 0. The van der Waals surface area contributed by atoms with Crippen LogP contribution in [-0.2, 0) is 0 Å². The smallest absolute Gasteiger partial charge is 0.0770 e. The van der Waals surface area contributed by atoms with E-state index in [1.807, 2.05) is 4.90 Å². The van der Waals surface area contributed by atoms with E-state index in [2.05, 4.69) is 34.6 Å². The van der Waals surface area contributed by atoms with E-state index < -0.39 is 0 Å². The molecule has 0 atom stereocenters. The van der Waals surface area contributed by atoms with Crippen LogP contribution in [0.25, 0.3) is 0 Å². The van der Waals surface area contributed by atoms with Crippen LogP contribution in [0.5, 0.6) is 0 Å². The van der Waals surface area contributed by atoms with Crippen molar-refractivity contribution in [2.75, 3.05) is 19.6 Å². The summed E-state index contributed by atoms with van der Waals surface area (Å²) < 4.78 is 0. The second-order valence-corrected chi connectivity index (χ2v) is 4.41. The summed E-state index contributed by atoms with van der Waals surface area (Å²) in [7, 11) is 0. The second-order valence-electron chi connectivity index (χ2n) is 4.41. The number of unbranched alkanes of at least 4 members (excludes halogenated alkanes) is 2. The van der Waals surface area contributed by atoms with Gasteiger partial charge in [-0.05, 0) is 19.3 Å². The summed E-state index contributed by atoms with van der Waals surface area (Å²) in [5, 5.41) is 0. The predicted molar refractivity (Wildman–Crippen MR) is 71.6 cm³/mol. The molecule has 0 bridgehead atoms. The van der Waals surface area contributed by atoms with Gasteiger partial charge in [-0.3, -0.25) is 0 Å². The van der Waals surface area contributed by atoms with E-state index in [-0.39, 0.29) is 0 Å². The molecule has 0 aliphatic heterocycles. The average molecular weight is 216 g/mol. The molecule has 0 aromatic heterocycles. The van der Waals surface area contributed by atoms with Gasteiger partial charge < -0.3 is 4.90 Å². The summed E-state index contributed by atoms with van der Waals surface area (Å²) in [6.07, 6.45) is 8.08. The van der Waals surface area contributed by atoms with Gasteiger partial charge >= 0.3 is 0 Å². The molecule has 0 radical (unpaired) electrons. The molecular formula is C14H34N+. The third-order valence-corrected chi connectivity index (χ3v) is 2.37. The Hall–Kier alpha value is -0.0400. The molecule has 0 unspecified atom stereocenters. The lowest BCUT2D eigenvalue weighted by Gasteiger charge is -2.17. The van der Waals surface area contributed by atoms with Crippen LogP contribution in [0.4, 0.5) is 0 Å². The van der Waals surface area contributed by atoms with Crippen LogP contribution < -0.4 is 4.90 Å². The van der Waals surface area contributed by atoms with Gasteiger partial charge in [0, 0.05) is 0 Å². The molecule has 94 valence electrons. The minimum absolute atomic E-state index is 1.25. The summed E-state index contributed by atoms with van der Waals surface area (Å²) in [5.41, 5.74) is 0. The highest BCUT2D eigenvalue weighted by Crippen LogP contribution is 1.83. The highest BCUT2D eigenvalue weighted by molar-refractivity contribution is 4.35. The molecule has 0 aromatic carbocycles. The van der Waals surface area contributed by atoms with Crippen molar-refractivity contribution in [3.05, 3.63) is 0 Å². The summed E-state index contributed by atoms with van der Waals surface area (Å²) in [6, 6.07) is 0. The Morgan fingerprint density at radius 1 is 0.600 bits per heavy atom. The first kappa shape index (κ1) is 17.4. The zero-order valence-electron chi connectivity index (χ0n) is 11.9. The highest BCUT2D eigenvalue weighted by Gasteiger charge is 2.04. The third kappa shape index (κ3) is 16.6. The molecule has 15 heavy (non-hydrogen) atoms. The van der Waals surface area contributed by atoms with Crippen molar-refractivity contribution in [3.8, 4) is 0 Å². The largest absolute Gasteiger partial charge is 0.335 e. The van der Waals surface area contributed by atoms with Crippen molar-refractivity contribution in [1.82, 2.24) is 0 Å². The van der Waals surface area contributed by atoms with Gasteiger partial charge in [0.2, 0.25) is 0 Å². The topological polar surface area (TPSA) is 4.44 Å². The number of hydrogen-bond acceptors (Lipinski definition) is 0. The van der Waals surface area contributed by atoms with Crippen molar-refractivity contribution >= 4 is 0 Å². The van der Waals surface area contributed by atoms with E-state index in [0.29, 0.717) is 0 Å². The van der Waals surface area contributed by atoms with E-state index >= 15 is 0 Å². The van der Waals surface area contributed by atoms with Gasteiger partial charge in [0.25, 0.3) is 0 Å². The first-order valence-corrected chi connectivity index (χ1v) is 7.10. The van der Waals surface area contributed by atoms with E-state index in [9.17, 15) is 0 Å². The summed E-state index contributed by atoms with van der Waals surface area (Å²) in [6.45, 7) is 15.3. The molecule has 0 rings (SSSR count). The molecule has 0 amide bonds. The van der Waals surface area contributed by atoms with Gasteiger partial charge in [0.1, 0.15) is 0 Å². The van der Waals surface area contributed by atoms with E-state index in [4.69, 9.17) is 0 Å².